The lowest BCUT2D eigenvalue weighted by Crippen LogP contribution is -2.39. The van der Waals surface area contributed by atoms with E-state index in [4.69, 9.17) is 4.74 Å². The molecule has 1 aliphatic rings. The first-order valence-corrected chi connectivity index (χ1v) is 6.23. The summed E-state index contributed by atoms with van der Waals surface area (Å²) in [6.45, 7) is 6.72. The van der Waals surface area contributed by atoms with Gasteiger partial charge >= 0.3 is 0 Å². The first-order chi connectivity index (χ1) is 7.24. The van der Waals surface area contributed by atoms with Crippen molar-refractivity contribution in [1.82, 2.24) is 5.32 Å². The molecule has 0 bridgehead atoms. The molecule has 2 N–H and O–H groups in total. The summed E-state index contributed by atoms with van der Waals surface area (Å²) >= 11 is 0. The van der Waals surface area contributed by atoms with E-state index in [1.807, 2.05) is 0 Å². The molecule has 1 rings (SSSR count). The first kappa shape index (κ1) is 12.9. The van der Waals surface area contributed by atoms with Crippen LogP contribution in [0.4, 0.5) is 0 Å². The lowest BCUT2D eigenvalue weighted by atomic mass is 9.94. The Kier molecular flexibility index (Phi) is 6.22. The van der Waals surface area contributed by atoms with E-state index in [9.17, 15) is 5.11 Å². The van der Waals surface area contributed by atoms with Crippen molar-refractivity contribution in [3.63, 3.8) is 0 Å². The zero-order valence-corrected chi connectivity index (χ0v) is 10.0. The minimum atomic E-state index is -0.201. The number of nitrogens with one attached hydrogen (secondary N) is 1. The predicted molar refractivity (Wildman–Crippen MR) is 61.9 cm³/mol. The van der Waals surface area contributed by atoms with E-state index in [0.29, 0.717) is 12.0 Å². The maximum absolute atomic E-state index is 9.97. The van der Waals surface area contributed by atoms with Gasteiger partial charge in [0.1, 0.15) is 0 Å². The van der Waals surface area contributed by atoms with E-state index in [1.54, 1.807) is 0 Å². The molecule has 1 saturated heterocycles. The molecule has 15 heavy (non-hydrogen) atoms. The molecule has 2 atom stereocenters. The van der Waals surface area contributed by atoms with Gasteiger partial charge in [0.15, 0.2) is 0 Å². The molecule has 0 spiro atoms. The van der Waals surface area contributed by atoms with Crippen molar-refractivity contribution in [3.8, 4) is 0 Å². The summed E-state index contributed by atoms with van der Waals surface area (Å²) in [5.41, 5.74) is 0. The molecule has 1 heterocycles. The molecule has 0 aromatic heterocycles. The van der Waals surface area contributed by atoms with E-state index in [2.05, 4.69) is 19.2 Å². The highest BCUT2D eigenvalue weighted by Crippen LogP contribution is 2.18. The summed E-state index contributed by atoms with van der Waals surface area (Å²) in [6.07, 6.45) is 4.19. The van der Waals surface area contributed by atoms with Crippen LogP contribution in [0.5, 0.6) is 0 Å². The van der Waals surface area contributed by atoms with Crippen LogP contribution in [0, 0.1) is 5.92 Å². The Bertz CT molecular complexity index is 158. The molecule has 0 saturated carbocycles. The Labute approximate surface area is 93.2 Å². The Morgan fingerprint density at radius 3 is 2.67 bits per heavy atom. The summed E-state index contributed by atoms with van der Waals surface area (Å²) in [4.78, 5) is 0. The quantitative estimate of drug-likeness (QED) is 0.706. The summed E-state index contributed by atoms with van der Waals surface area (Å²) in [5, 5.41) is 13.4. The fraction of sp³-hybridized carbons (Fsp3) is 1.00. The van der Waals surface area contributed by atoms with Crippen molar-refractivity contribution >= 4 is 0 Å². The lowest BCUT2D eigenvalue weighted by molar-refractivity contribution is 0.00772. The van der Waals surface area contributed by atoms with Gasteiger partial charge in [0, 0.05) is 25.8 Å². The van der Waals surface area contributed by atoms with Crippen LogP contribution < -0.4 is 5.32 Å². The topological polar surface area (TPSA) is 41.5 Å². The zero-order valence-electron chi connectivity index (χ0n) is 10.0. The standard InChI is InChI=1S/C12H25NO2/c1-3-4-10(2)13-9-12(14)11-5-7-15-8-6-11/h10-14H,3-9H2,1-2H3. The smallest absolute Gasteiger partial charge is 0.0694 e. The zero-order chi connectivity index (χ0) is 11.1. The van der Waals surface area contributed by atoms with Gasteiger partial charge in [-0.25, -0.2) is 0 Å². The fourth-order valence-electron chi connectivity index (χ4n) is 2.12. The highest BCUT2D eigenvalue weighted by atomic mass is 16.5. The van der Waals surface area contributed by atoms with E-state index < -0.39 is 0 Å². The first-order valence-electron chi connectivity index (χ1n) is 6.23. The van der Waals surface area contributed by atoms with Crippen LogP contribution in [-0.2, 0) is 4.74 Å². The van der Waals surface area contributed by atoms with Crippen LogP contribution in [0.3, 0.4) is 0 Å². The molecule has 3 nitrogen and oxygen atoms in total. The van der Waals surface area contributed by atoms with E-state index in [-0.39, 0.29) is 6.10 Å². The van der Waals surface area contributed by atoms with Crippen molar-refractivity contribution in [3.05, 3.63) is 0 Å². The Morgan fingerprint density at radius 2 is 2.07 bits per heavy atom. The Balaban J connectivity index is 2.13. The highest BCUT2D eigenvalue weighted by Gasteiger charge is 2.21. The fourth-order valence-corrected chi connectivity index (χ4v) is 2.12. The number of rotatable bonds is 6. The number of aliphatic hydroxyl groups is 1. The predicted octanol–water partition coefficient (Wildman–Crippen LogP) is 1.55. The minimum absolute atomic E-state index is 0.201. The molecule has 0 radical (unpaired) electrons. The Morgan fingerprint density at radius 1 is 1.40 bits per heavy atom. The normalized spacial score (nSPS) is 22.6. The number of aliphatic hydroxyl groups excluding tert-OH is 1. The second-order valence-corrected chi connectivity index (χ2v) is 4.62. The third-order valence-corrected chi connectivity index (χ3v) is 3.21. The molecular weight excluding hydrogens is 190 g/mol. The third kappa shape index (κ3) is 4.96. The number of hydrogen-bond acceptors (Lipinski definition) is 3. The highest BCUT2D eigenvalue weighted by molar-refractivity contribution is 4.75. The third-order valence-electron chi connectivity index (χ3n) is 3.21. The van der Waals surface area contributed by atoms with Gasteiger partial charge in [0.05, 0.1) is 6.10 Å². The van der Waals surface area contributed by atoms with Crippen LogP contribution in [0.25, 0.3) is 0 Å². The van der Waals surface area contributed by atoms with E-state index in [1.165, 1.54) is 12.8 Å². The van der Waals surface area contributed by atoms with Crippen LogP contribution in [0.1, 0.15) is 39.5 Å². The molecule has 2 unspecified atom stereocenters. The van der Waals surface area contributed by atoms with Crippen LogP contribution >= 0.6 is 0 Å². The van der Waals surface area contributed by atoms with Crippen molar-refractivity contribution < 1.29 is 9.84 Å². The van der Waals surface area contributed by atoms with Crippen molar-refractivity contribution in [2.24, 2.45) is 5.92 Å². The van der Waals surface area contributed by atoms with Crippen molar-refractivity contribution in [2.45, 2.75) is 51.7 Å². The monoisotopic (exact) mass is 215 g/mol. The molecule has 0 aromatic carbocycles. The summed E-state index contributed by atoms with van der Waals surface area (Å²) < 4.78 is 5.28. The molecule has 0 aliphatic carbocycles. The van der Waals surface area contributed by atoms with Crippen molar-refractivity contribution in [1.29, 1.82) is 0 Å². The minimum Gasteiger partial charge on any atom is -0.392 e. The van der Waals surface area contributed by atoms with E-state index >= 15 is 0 Å². The number of ether oxygens (including phenoxy) is 1. The van der Waals surface area contributed by atoms with Crippen LogP contribution in [-0.4, -0.2) is 37.0 Å². The molecule has 0 aromatic rings. The second kappa shape index (κ2) is 7.20. The molecule has 90 valence electrons. The van der Waals surface area contributed by atoms with Gasteiger partial charge < -0.3 is 15.2 Å². The van der Waals surface area contributed by atoms with Gasteiger partial charge in [-0.05, 0) is 32.1 Å². The molecule has 0 amide bonds. The van der Waals surface area contributed by atoms with Gasteiger partial charge in [-0.15, -0.1) is 0 Å². The number of hydrogen-bond donors (Lipinski definition) is 2. The summed E-state index contributed by atoms with van der Waals surface area (Å²) in [7, 11) is 0. The van der Waals surface area contributed by atoms with Gasteiger partial charge in [-0.2, -0.15) is 0 Å². The second-order valence-electron chi connectivity index (χ2n) is 4.62. The molecule has 1 aliphatic heterocycles. The van der Waals surface area contributed by atoms with Crippen LogP contribution in [0.15, 0.2) is 0 Å². The molecular formula is C12H25NO2. The van der Waals surface area contributed by atoms with Crippen LogP contribution in [0.2, 0.25) is 0 Å². The van der Waals surface area contributed by atoms with Gasteiger partial charge in [-0.1, -0.05) is 13.3 Å². The van der Waals surface area contributed by atoms with Crippen molar-refractivity contribution in [2.75, 3.05) is 19.8 Å². The maximum atomic E-state index is 9.97. The Hall–Kier alpha value is -0.120. The van der Waals surface area contributed by atoms with Gasteiger partial charge in [0.2, 0.25) is 0 Å². The molecule has 3 heteroatoms. The maximum Gasteiger partial charge on any atom is 0.0694 e. The lowest BCUT2D eigenvalue weighted by Gasteiger charge is -2.27. The average Bonchev–Trinajstić information content (AvgIpc) is 2.27. The molecule has 1 fully saturated rings. The van der Waals surface area contributed by atoms with Gasteiger partial charge in [0.25, 0.3) is 0 Å². The largest absolute Gasteiger partial charge is 0.392 e. The summed E-state index contributed by atoms with van der Waals surface area (Å²) in [5.74, 6) is 0.431. The summed E-state index contributed by atoms with van der Waals surface area (Å²) in [6, 6.07) is 0.518. The van der Waals surface area contributed by atoms with Gasteiger partial charge in [-0.3, -0.25) is 0 Å². The SMILES string of the molecule is CCCC(C)NCC(O)C1CCOCC1. The average molecular weight is 215 g/mol. The van der Waals surface area contributed by atoms with E-state index in [0.717, 1.165) is 32.6 Å².